The van der Waals surface area contributed by atoms with Crippen LogP contribution in [0.4, 0.5) is 4.39 Å². The molecule has 7 nitrogen and oxygen atoms in total. The molecule has 2 aromatic heterocycles. The average Bonchev–Trinajstić information content (AvgIpc) is 3.55. The van der Waals surface area contributed by atoms with Crippen molar-refractivity contribution >= 4 is 5.91 Å². The molecule has 174 valence electrons. The number of hydrogen-bond acceptors (Lipinski definition) is 6. The predicted octanol–water partition coefficient (Wildman–Crippen LogP) is 4.96. The number of amides is 1. The van der Waals surface area contributed by atoms with Gasteiger partial charge < -0.3 is 13.8 Å². The van der Waals surface area contributed by atoms with Crippen molar-refractivity contribution in [3.8, 4) is 22.7 Å². The Morgan fingerprint density at radius 3 is 2.32 bits per heavy atom. The second kappa shape index (κ2) is 9.23. The highest BCUT2D eigenvalue weighted by molar-refractivity contribution is 5.92. The van der Waals surface area contributed by atoms with Crippen molar-refractivity contribution < 1.29 is 18.1 Å². The lowest BCUT2D eigenvalue weighted by molar-refractivity contribution is 0.0525. The number of aryl methyl sites for hydroxylation is 1. The summed E-state index contributed by atoms with van der Waals surface area (Å²) in [6.07, 6.45) is 0. The molecule has 2 aromatic carbocycles. The highest BCUT2D eigenvalue weighted by Crippen LogP contribution is 2.26. The molecule has 0 saturated carbocycles. The van der Waals surface area contributed by atoms with Crippen LogP contribution in [0.2, 0.25) is 0 Å². The molecule has 1 aliphatic heterocycles. The van der Waals surface area contributed by atoms with Crippen LogP contribution in [0.25, 0.3) is 22.7 Å². The quantitative estimate of drug-likeness (QED) is 0.419. The van der Waals surface area contributed by atoms with Crippen molar-refractivity contribution in [2.24, 2.45) is 0 Å². The van der Waals surface area contributed by atoms with E-state index < -0.39 is 0 Å². The van der Waals surface area contributed by atoms with Gasteiger partial charge in [-0.2, -0.15) is 4.98 Å². The summed E-state index contributed by atoms with van der Waals surface area (Å²) in [4.78, 5) is 21.5. The first-order chi connectivity index (χ1) is 16.5. The normalized spacial score (nSPS) is 15.4. The van der Waals surface area contributed by atoms with Crippen LogP contribution in [0.5, 0.6) is 0 Å². The zero-order chi connectivity index (χ0) is 23.7. The SMILES string of the molecule is Cc1ccc(-c2noc(C(C)N3CCN(C(=O)c4ccc(-c5ccc(F)cc5)o4)CC3)n2)cc1. The van der Waals surface area contributed by atoms with Crippen LogP contribution in [0.1, 0.15) is 35.0 Å². The monoisotopic (exact) mass is 460 g/mol. The van der Waals surface area contributed by atoms with Gasteiger partial charge in [-0.15, -0.1) is 0 Å². The minimum atomic E-state index is -0.314. The van der Waals surface area contributed by atoms with Gasteiger partial charge in [0, 0.05) is 37.3 Å². The van der Waals surface area contributed by atoms with Crippen LogP contribution in [0.3, 0.4) is 0 Å². The third-order valence-corrected chi connectivity index (χ3v) is 6.20. The molecule has 0 radical (unpaired) electrons. The molecule has 0 spiro atoms. The van der Waals surface area contributed by atoms with E-state index in [1.54, 1.807) is 29.2 Å². The van der Waals surface area contributed by atoms with E-state index in [1.807, 2.05) is 38.1 Å². The summed E-state index contributed by atoms with van der Waals surface area (Å²) in [5.74, 6) is 1.48. The van der Waals surface area contributed by atoms with E-state index in [2.05, 4.69) is 15.0 Å². The van der Waals surface area contributed by atoms with Crippen LogP contribution in [-0.4, -0.2) is 52.0 Å². The molecule has 4 aromatic rings. The van der Waals surface area contributed by atoms with Gasteiger partial charge in [-0.25, -0.2) is 4.39 Å². The highest BCUT2D eigenvalue weighted by atomic mass is 19.1. The summed E-state index contributed by atoms with van der Waals surface area (Å²) in [5.41, 5.74) is 2.82. The fourth-order valence-corrected chi connectivity index (χ4v) is 4.07. The Morgan fingerprint density at radius 2 is 1.62 bits per heavy atom. The Bertz CT molecular complexity index is 1270. The maximum Gasteiger partial charge on any atom is 0.289 e. The first kappa shape index (κ1) is 22.0. The van der Waals surface area contributed by atoms with Gasteiger partial charge in [0.2, 0.25) is 11.7 Å². The Labute approximate surface area is 196 Å². The van der Waals surface area contributed by atoms with E-state index in [9.17, 15) is 9.18 Å². The van der Waals surface area contributed by atoms with E-state index in [-0.39, 0.29) is 23.5 Å². The van der Waals surface area contributed by atoms with Gasteiger partial charge in [0.15, 0.2) is 5.76 Å². The lowest BCUT2D eigenvalue weighted by Crippen LogP contribution is -2.49. The molecule has 3 heterocycles. The Kier molecular flexibility index (Phi) is 5.98. The summed E-state index contributed by atoms with van der Waals surface area (Å²) in [6.45, 7) is 6.56. The molecule has 8 heteroatoms. The number of benzene rings is 2. The van der Waals surface area contributed by atoms with Crippen LogP contribution in [0.15, 0.2) is 69.6 Å². The topological polar surface area (TPSA) is 75.6 Å². The Morgan fingerprint density at radius 1 is 0.941 bits per heavy atom. The van der Waals surface area contributed by atoms with E-state index >= 15 is 0 Å². The fraction of sp³-hybridized carbons (Fsp3) is 0.269. The van der Waals surface area contributed by atoms with E-state index in [0.29, 0.717) is 43.7 Å². The van der Waals surface area contributed by atoms with Crippen molar-refractivity contribution in [1.82, 2.24) is 19.9 Å². The first-order valence-electron chi connectivity index (χ1n) is 11.3. The van der Waals surface area contributed by atoms with Crippen molar-refractivity contribution in [2.45, 2.75) is 19.9 Å². The third-order valence-electron chi connectivity index (χ3n) is 6.20. The van der Waals surface area contributed by atoms with Gasteiger partial charge in [-0.05, 0) is 50.2 Å². The lowest BCUT2D eigenvalue weighted by Gasteiger charge is -2.36. The minimum absolute atomic E-state index is 0.0577. The maximum absolute atomic E-state index is 13.2. The molecular formula is C26H25FN4O3. The molecule has 1 unspecified atom stereocenters. The van der Waals surface area contributed by atoms with Crippen LogP contribution in [-0.2, 0) is 0 Å². The van der Waals surface area contributed by atoms with Gasteiger partial charge in [0.1, 0.15) is 11.6 Å². The van der Waals surface area contributed by atoms with E-state index in [0.717, 1.165) is 11.1 Å². The van der Waals surface area contributed by atoms with Crippen LogP contribution >= 0.6 is 0 Å². The Balaban J connectivity index is 1.20. The molecule has 34 heavy (non-hydrogen) atoms. The van der Waals surface area contributed by atoms with Crippen molar-refractivity contribution in [1.29, 1.82) is 0 Å². The van der Waals surface area contributed by atoms with Crippen molar-refractivity contribution in [3.63, 3.8) is 0 Å². The second-order valence-electron chi connectivity index (χ2n) is 8.50. The zero-order valence-electron chi connectivity index (χ0n) is 19.1. The van der Waals surface area contributed by atoms with E-state index in [4.69, 9.17) is 8.94 Å². The summed E-state index contributed by atoms with van der Waals surface area (Å²) in [5, 5.41) is 4.14. The fourth-order valence-electron chi connectivity index (χ4n) is 4.07. The molecule has 1 saturated heterocycles. The molecule has 0 aliphatic carbocycles. The molecule has 1 atom stereocenters. The number of piperazine rings is 1. The molecule has 1 fully saturated rings. The second-order valence-corrected chi connectivity index (χ2v) is 8.50. The van der Waals surface area contributed by atoms with Crippen LogP contribution < -0.4 is 0 Å². The van der Waals surface area contributed by atoms with Gasteiger partial charge in [0.05, 0.1) is 6.04 Å². The zero-order valence-corrected chi connectivity index (χ0v) is 19.1. The number of halogens is 1. The molecule has 1 amide bonds. The van der Waals surface area contributed by atoms with Gasteiger partial charge in [-0.1, -0.05) is 35.0 Å². The number of furan rings is 1. The number of carbonyl (C=O) groups is 1. The number of nitrogens with zero attached hydrogens (tertiary/aromatic N) is 4. The van der Waals surface area contributed by atoms with Gasteiger partial charge in [0.25, 0.3) is 5.91 Å². The average molecular weight is 461 g/mol. The summed E-state index contributed by atoms with van der Waals surface area (Å²) in [6, 6.07) is 17.3. The van der Waals surface area contributed by atoms with Gasteiger partial charge >= 0.3 is 0 Å². The lowest BCUT2D eigenvalue weighted by atomic mass is 10.1. The highest BCUT2D eigenvalue weighted by Gasteiger charge is 2.29. The van der Waals surface area contributed by atoms with Crippen molar-refractivity contribution in [2.75, 3.05) is 26.2 Å². The molecule has 1 aliphatic rings. The van der Waals surface area contributed by atoms with E-state index in [1.165, 1.54) is 17.7 Å². The number of carbonyl (C=O) groups excluding carboxylic acids is 1. The summed E-state index contributed by atoms with van der Waals surface area (Å²) < 4.78 is 24.5. The molecular weight excluding hydrogens is 435 g/mol. The first-order valence-corrected chi connectivity index (χ1v) is 11.3. The number of rotatable bonds is 5. The van der Waals surface area contributed by atoms with Crippen molar-refractivity contribution in [3.05, 3.63) is 83.7 Å². The Hall–Kier alpha value is -3.78. The molecule has 0 bridgehead atoms. The van der Waals surface area contributed by atoms with Crippen LogP contribution in [0, 0.1) is 12.7 Å². The maximum atomic E-state index is 13.2. The summed E-state index contributed by atoms with van der Waals surface area (Å²) >= 11 is 0. The number of hydrogen-bond donors (Lipinski definition) is 0. The number of aromatic nitrogens is 2. The largest absolute Gasteiger partial charge is 0.451 e. The molecule has 0 N–H and O–H groups in total. The minimum Gasteiger partial charge on any atom is -0.451 e. The smallest absolute Gasteiger partial charge is 0.289 e. The third kappa shape index (κ3) is 4.49. The molecule has 5 rings (SSSR count). The predicted molar refractivity (Wildman–Crippen MR) is 124 cm³/mol. The van der Waals surface area contributed by atoms with Gasteiger partial charge in [-0.3, -0.25) is 9.69 Å². The summed E-state index contributed by atoms with van der Waals surface area (Å²) in [7, 11) is 0. The standard InChI is InChI=1S/C26H25FN4O3/c1-17-3-5-20(6-4-17)24-28-25(34-29-24)18(2)30-13-15-31(16-14-30)26(32)23-12-11-22(33-23)19-7-9-21(27)10-8-19/h3-12,18H,13-16H2,1-2H3.